The highest BCUT2D eigenvalue weighted by Gasteiger charge is 2.39. The number of nitrogens with one attached hydrogen (secondary N) is 1. The Morgan fingerprint density at radius 3 is 2.37 bits per heavy atom. The monoisotopic (exact) mass is 405 g/mol. The Morgan fingerprint density at radius 1 is 1.15 bits per heavy atom. The molecule has 7 nitrogen and oxygen atoms in total. The van der Waals surface area contributed by atoms with Gasteiger partial charge in [-0.15, -0.1) is 0 Å². The molecule has 0 bridgehead atoms. The molecule has 138 valence electrons. The van der Waals surface area contributed by atoms with Gasteiger partial charge in [-0.2, -0.15) is 9.78 Å². The first-order valence-corrected chi connectivity index (χ1v) is 8.47. The molecule has 0 fully saturated rings. The number of aromatic nitrogens is 3. The Hall–Kier alpha value is -2.90. The molecule has 2 N–H and O–H groups in total. The van der Waals surface area contributed by atoms with Gasteiger partial charge in [0.05, 0.1) is 5.69 Å². The van der Waals surface area contributed by atoms with Crippen molar-refractivity contribution in [2.24, 2.45) is 0 Å². The number of carbonyl (C=O) groups is 1. The Bertz CT molecular complexity index is 1140. The molecule has 3 rings (SSSR count). The highest BCUT2D eigenvalue weighted by atomic mass is 35.5. The number of hydrogen-bond acceptors (Lipinski definition) is 4. The van der Waals surface area contributed by atoms with E-state index in [4.69, 9.17) is 23.2 Å². The summed E-state index contributed by atoms with van der Waals surface area (Å²) in [6.07, 6.45) is 0.957. The predicted molar refractivity (Wildman–Crippen MR) is 101 cm³/mol. The molecule has 0 spiro atoms. The molecular weight excluding hydrogens is 393 g/mol. The van der Waals surface area contributed by atoms with Gasteiger partial charge in [-0.25, -0.2) is 4.79 Å². The number of carboxylic acid groups (broad SMARTS) is 1. The molecule has 0 aliphatic carbocycles. The van der Waals surface area contributed by atoms with Crippen molar-refractivity contribution >= 4 is 29.2 Å². The van der Waals surface area contributed by atoms with Gasteiger partial charge in [0.2, 0.25) is 0 Å². The fourth-order valence-corrected chi connectivity index (χ4v) is 3.25. The summed E-state index contributed by atoms with van der Waals surface area (Å²) in [6, 6.07) is 10.9. The first-order chi connectivity index (χ1) is 12.7. The number of hydrogen-bond donors (Lipinski definition) is 2. The van der Waals surface area contributed by atoms with E-state index in [9.17, 15) is 19.5 Å². The van der Waals surface area contributed by atoms with E-state index < -0.39 is 22.6 Å². The third-order valence-electron chi connectivity index (χ3n) is 4.30. The molecule has 1 unspecified atom stereocenters. The molecule has 0 aliphatic rings. The first-order valence-electron chi connectivity index (χ1n) is 7.72. The third kappa shape index (κ3) is 3.39. The fourth-order valence-electron chi connectivity index (χ4n) is 2.76. The summed E-state index contributed by atoms with van der Waals surface area (Å²) in [4.78, 5) is 37.2. The average Bonchev–Trinajstić information content (AvgIpc) is 2.61. The SMILES string of the molecule is CC(C(=O)O)(c1ccc(Cl)cc1)c1ccc(-n2ncc(=O)[nH]c2=O)cc1Cl. The lowest BCUT2D eigenvalue weighted by Crippen LogP contribution is -2.34. The first kappa shape index (κ1) is 18.9. The van der Waals surface area contributed by atoms with Crippen LogP contribution in [0.15, 0.2) is 58.3 Å². The number of aromatic amines is 1. The summed E-state index contributed by atoms with van der Waals surface area (Å²) < 4.78 is 0.956. The average molecular weight is 406 g/mol. The standard InChI is InChI=1S/C18H13Cl2N3O4/c1-18(16(25)26,10-2-4-11(19)5-3-10)13-7-6-12(8-14(13)20)23-17(27)22-15(24)9-21-23/h2-9H,1H3,(H,25,26)(H,22,24,27). The molecule has 0 saturated heterocycles. The van der Waals surface area contributed by atoms with Gasteiger partial charge in [0.1, 0.15) is 11.6 Å². The van der Waals surface area contributed by atoms with Crippen LogP contribution in [0.2, 0.25) is 10.0 Å². The van der Waals surface area contributed by atoms with Crippen LogP contribution in [0, 0.1) is 0 Å². The maximum Gasteiger partial charge on any atom is 0.349 e. The number of halogens is 2. The van der Waals surface area contributed by atoms with E-state index >= 15 is 0 Å². The van der Waals surface area contributed by atoms with E-state index in [1.165, 1.54) is 25.1 Å². The number of carboxylic acids is 1. The van der Waals surface area contributed by atoms with Crippen LogP contribution in [0.1, 0.15) is 18.1 Å². The Labute approximate surface area is 162 Å². The van der Waals surface area contributed by atoms with E-state index in [1.54, 1.807) is 24.3 Å². The van der Waals surface area contributed by atoms with Crippen LogP contribution in [0.25, 0.3) is 5.69 Å². The smallest absolute Gasteiger partial charge is 0.349 e. The molecule has 9 heteroatoms. The minimum Gasteiger partial charge on any atom is -0.480 e. The second-order valence-electron chi connectivity index (χ2n) is 5.95. The molecule has 2 aromatic carbocycles. The van der Waals surface area contributed by atoms with E-state index in [1.807, 2.05) is 0 Å². The largest absolute Gasteiger partial charge is 0.480 e. The summed E-state index contributed by atoms with van der Waals surface area (Å²) in [5.41, 5.74) is -1.68. The van der Waals surface area contributed by atoms with Crippen LogP contribution in [0.3, 0.4) is 0 Å². The van der Waals surface area contributed by atoms with Crippen molar-refractivity contribution in [2.75, 3.05) is 0 Å². The molecule has 1 aromatic heterocycles. The Kier molecular flexibility index (Phi) is 4.91. The zero-order chi connectivity index (χ0) is 19.8. The lowest BCUT2D eigenvalue weighted by molar-refractivity contribution is -0.141. The van der Waals surface area contributed by atoms with Gasteiger partial charge < -0.3 is 5.11 Å². The molecule has 0 radical (unpaired) electrons. The number of rotatable bonds is 4. The van der Waals surface area contributed by atoms with Crippen molar-refractivity contribution in [3.8, 4) is 5.69 Å². The van der Waals surface area contributed by atoms with Gasteiger partial charge in [-0.1, -0.05) is 41.4 Å². The zero-order valence-corrected chi connectivity index (χ0v) is 15.5. The molecule has 1 heterocycles. The molecule has 0 aliphatic heterocycles. The van der Waals surface area contributed by atoms with Crippen molar-refractivity contribution in [3.63, 3.8) is 0 Å². The third-order valence-corrected chi connectivity index (χ3v) is 4.86. The maximum atomic E-state index is 12.1. The quantitative estimate of drug-likeness (QED) is 0.693. The van der Waals surface area contributed by atoms with Gasteiger partial charge in [-0.3, -0.25) is 14.6 Å². The number of benzene rings is 2. The van der Waals surface area contributed by atoms with Gasteiger partial charge in [0, 0.05) is 10.0 Å². The molecule has 0 amide bonds. The molecular formula is C18H13Cl2N3O4. The Balaban J connectivity index is 2.15. The van der Waals surface area contributed by atoms with Crippen molar-refractivity contribution in [1.29, 1.82) is 0 Å². The van der Waals surface area contributed by atoms with E-state index in [-0.39, 0.29) is 10.7 Å². The molecule has 1 atom stereocenters. The van der Waals surface area contributed by atoms with Gasteiger partial charge in [0.15, 0.2) is 0 Å². The van der Waals surface area contributed by atoms with E-state index in [2.05, 4.69) is 10.1 Å². The van der Waals surface area contributed by atoms with Crippen LogP contribution < -0.4 is 11.2 Å². The second-order valence-corrected chi connectivity index (χ2v) is 6.80. The highest BCUT2D eigenvalue weighted by Crippen LogP contribution is 2.37. The molecule has 0 saturated carbocycles. The predicted octanol–water partition coefficient (Wildman–Crippen LogP) is 2.62. The fraction of sp³-hybridized carbons (Fsp3) is 0.111. The van der Waals surface area contributed by atoms with Gasteiger partial charge in [-0.05, 0) is 42.3 Å². The van der Waals surface area contributed by atoms with Crippen LogP contribution in [0.5, 0.6) is 0 Å². The number of H-pyrrole nitrogens is 1. The maximum absolute atomic E-state index is 12.1. The van der Waals surface area contributed by atoms with Crippen LogP contribution in [-0.2, 0) is 10.2 Å². The van der Waals surface area contributed by atoms with Crippen molar-refractivity contribution in [1.82, 2.24) is 14.8 Å². The van der Waals surface area contributed by atoms with Crippen LogP contribution >= 0.6 is 23.2 Å². The Morgan fingerprint density at radius 2 is 1.81 bits per heavy atom. The van der Waals surface area contributed by atoms with Gasteiger partial charge in [0.25, 0.3) is 5.56 Å². The van der Waals surface area contributed by atoms with E-state index in [0.717, 1.165) is 10.9 Å². The lowest BCUT2D eigenvalue weighted by Gasteiger charge is -2.27. The molecule has 3 aromatic rings. The minimum atomic E-state index is -1.44. The lowest BCUT2D eigenvalue weighted by atomic mass is 9.76. The minimum absolute atomic E-state index is 0.132. The van der Waals surface area contributed by atoms with Crippen molar-refractivity contribution in [3.05, 3.63) is 90.7 Å². The zero-order valence-electron chi connectivity index (χ0n) is 13.9. The summed E-state index contributed by atoms with van der Waals surface area (Å²) in [5, 5.41) is 14.3. The van der Waals surface area contributed by atoms with E-state index in [0.29, 0.717) is 16.1 Å². The van der Waals surface area contributed by atoms with Crippen molar-refractivity contribution in [2.45, 2.75) is 12.3 Å². The van der Waals surface area contributed by atoms with Crippen LogP contribution in [-0.4, -0.2) is 25.8 Å². The normalized spacial score (nSPS) is 13.1. The molecule has 27 heavy (non-hydrogen) atoms. The van der Waals surface area contributed by atoms with Crippen molar-refractivity contribution < 1.29 is 9.90 Å². The number of nitrogens with zero attached hydrogens (tertiary/aromatic N) is 2. The summed E-state index contributed by atoms with van der Waals surface area (Å²) >= 11 is 12.3. The summed E-state index contributed by atoms with van der Waals surface area (Å²) in [5.74, 6) is -1.10. The topological polar surface area (TPSA) is 105 Å². The second kappa shape index (κ2) is 7.02. The highest BCUT2D eigenvalue weighted by molar-refractivity contribution is 6.32. The summed E-state index contributed by atoms with van der Waals surface area (Å²) in [7, 11) is 0. The van der Waals surface area contributed by atoms with Crippen LogP contribution in [0.4, 0.5) is 0 Å². The summed E-state index contributed by atoms with van der Waals surface area (Å²) in [6.45, 7) is 1.53. The number of aliphatic carboxylic acids is 1. The van der Waals surface area contributed by atoms with Gasteiger partial charge >= 0.3 is 11.7 Å².